The molecule has 1 aromatic rings. The Kier molecular flexibility index (Phi) is 6.74. The van der Waals surface area contributed by atoms with Gasteiger partial charge in [0, 0.05) is 26.2 Å². The Hall–Kier alpha value is -1.70. The first-order valence-corrected chi connectivity index (χ1v) is 10.5. The lowest BCUT2D eigenvalue weighted by Crippen LogP contribution is -2.45. The number of amides is 1. The van der Waals surface area contributed by atoms with Gasteiger partial charge < -0.3 is 10.4 Å². The fourth-order valence-corrected chi connectivity index (χ4v) is 6.04. The first-order valence-electron chi connectivity index (χ1n) is 8.17. The molecule has 2 fully saturated rings. The van der Waals surface area contributed by atoms with E-state index in [1.165, 1.54) is 11.3 Å². The lowest BCUT2D eigenvalue weighted by molar-refractivity contribution is -0.192. The molecule has 1 aromatic heterocycles. The van der Waals surface area contributed by atoms with Crippen LogP contribution in [0, 0.1) is 5.92 Å². The highest BCUT2D eigenvalue weighted by Crippen LogP contribution is 2.37. The van der Waals surface area contributed by atoms with Crippen molar-refractivity contribution in [2.45, 2.75) is 28.9 Å². The van der Waals surface area contributed by atoms with Crippen LogP contribution in [-0.4, -0.2) is 80.1 Å². The van der Waals surface area contributed by atoms with Gasteiger partial charge in [0.05, 0.1) is 6.04 Å². The number of nitrogens with one attached hydrogen (secondary N) is 1. The summed E-state index contributed by atoms with van der Waals surface area (Å²) in [5.74, 6) is -2.51. The predicted molar refractivity (Wildman–Crippen MR) is 94.3 cm³/mol. The number of rotatable bonds is 3. The highest BCUT2D eigenvalue weighted by Gasteiger charge is 2.49. The second-order valence-corrected chi connectivity index (χ2v) is 9.53. The average molecular weight is 443 g/mol. The van der Waals surface area contributed by atoms with Gasteiger partial charge in [0.2, 0.25) is 5.91 Å². The topological polar surface area (TPSA) is 107 Å². The molecule has 158 valence electrons. The molecule has 0 spiro atoms. The average Bonchev–Trinajstić information content (AvgIpc) is 3.32. The van der Waals surface area contributed by atoms with Crippen molar-refractivity contribution in [1.82, 2.24) is 14.5 Å². The number of nitrogens with zero attached hydrogens (tertiary/aromatic N) is 2. The van der Waals surface area contributed by atoms with Gasteiger partial charge in [-0.1, -0.05) is 6.07 Å². The molecule has 2 aliphatic rings. The molecule has 8 nitrogen and oxygen atoms in total. The zero-order valence-corrected chi connectivity index (χ0v) is 16.6. The summed E-state index contributed by atoms with van der Waals surface area (Å²) < 4.78 is 58.8. The monoisotopic (exact) mass is 443 g/mol. The molecular weight excluding hydrogens is 423 g/mol. The number of fused-ring (bicyclic) bond motifs is 1. The molecule has 2 aliphatic heterocycles. The Morgan fingerprint density at radius 3 is 2.36 bits per heavy atom. The number of hydrogen-bond donors (Lipinski definition) is 2. The van der Waals surface area contributed by atoms with Crippen LogP contribution in [0.15, 0.2) is 21.7 Å². The second kappa shape index (κ2) is 8.35. The van der Waals surface area contributed by atoms with Crippen molar-refractivity contribution in [2.75, 3.05) is 27.2 Å². The van der Waals surface area contributed by atoms with Crippen molar-refractivity contribution in [3.8, 4) is 0 Å². The number of aliphatic carboxylic acids is 1. The van der Waals surface area contributed by atoms with Gasteiger partial charge in [0.25, 0.3) is 10.0 Å². The zero-order chi connectivity index (χ0) is 21.3. The van der Waals surface area contributed by atoms with Crippen molar-refractivity contribution in [3.05, 3.63) is 17.5 Å². The van der Waals surface area contributed by atoms with E-state index in [1.807, 2.05) is 11.9 Å². The minimum absolute atomic E-state index is 0.0135. The number of carbonyl (C=O) groups is 2. The third-order valence-corrected chi connectivity index (χ3v) is 8.00. The molecule has 13 heteroatoms. The van der Waals surface area contributed by atoms with Crippen molar-refractivity contribution >= 4 is 33.2 Å². The fraction of sp³-hybridized carbons (Fsp3) is 0.600. The summed E-state index contributed by atoms with van der Waals surface area (Å²) in [5.41, 5.74) is 0. The molecule has 0 aliphatic carbocycles. The van der Waals surface area contributed by atoms with Crippen LogP contribution in [0.3, 0.4) is 0 Å². The van der Waals surface area contributed by atoms with Crippen LogP contribution < -0.4 is 5.32 Å². The molecule has 0 radical (unpaired) electrons. The van der Waals surface area contributed by atoms with Crippen molar-refractivity contribution in [2.24, 2.45) is 5.92 Å². The van der Waals surface area contributed by atoms with Crippen LogP contribution in [0.2, 0.25) is 0 Å². The molecule has 28 heavy (non-hydrogen) atoms. The third-order valence-electron chi connectivity index (χ3n) is 4.79. The molecule has 0 bridgehead atoms. The number of thiophene rings is 1. The van der Waals surface area contributed by atoms with Crippen LogP contribution in [0.25, 0.3) is 0 Å². The highest BCUT2D eigenvalue weighted by molar-refractivity contribution is 7.91. The smallest absolute Gasteiger partial charge is 0.475 e. The summed E-state index contributed by atoms with van der Waals surface area (Å²) in [4.78, 5) is 22.8. The Morgan fingerprint density at radius 1 is 1.32 bits per heavy atom. The van der Waals surface area contributed by atoms with E-state index in [0.29, 0.717) is 17.3 Å². The van der Waals surface area contributed by atoms with E-state index in [4.69, 9.17) is 9.90 Å². The van der Waals surface area contributed by atoms with Gasteiger partial charge in [-0.15, -0.1) is 11.3 Å². The summed E-state index contributed by atoms with van der Waals surface area (Å²) in [6.45, 7) is 0.970. The molecule has 3 heterocycles. The molecule has 2 saturated heterocycles. The van der Waals surface area contributed by atoms with E-state index in [-0.39, 0.29) is 23.9 Å². The standard InChI is InChI=1S/C13H19N3O3S2.C2HF3O2/c1-14-13(17)10-6-9-7-16(8-11(9)15(10)2)21(18,19)12-4-3-5-20-12;3-2(4,5)1(6)7/h3-5,9-11H,6-8H2,1-2H3,(H,14,17);(H,6,7)/t9-,10-,11+;/m1./s1. The predicted octanol–water partition coefficient (Wildman–Crippen LogP) is 0.821. The number of likely N-dealkylation sites (N-methyl/N-ethyl adjacent to an activating group) is 2. The van der Waals surface area contributed by atoms with E-state index in [2.05, 4.69) is 5.32 Å². The van der Waals surface area contributed by atoms with Gasteiger partial charge in [-0.05, 0) is 30.8 Å². The summed E-state index contributed by atoms with van der Waals surface area (Å²) in [5, 5.41) is 11.6. The van der Waals surface area contributed by atoms with Crippen molar-refractivity contribution in [3.63, 3.8) is 0 Å². The third kappa shape index (κ3) is 4.64. The van der Waals surface area contributed by atoms with Gasteiger partial charge in [0.15, 0.2) is 0 Å². The molecule has 0 unspecified atom stereocenters. The van der Waals surface area contributed by atoms with Gasteiger partial charge in [-0.2, -0.15) is 17.5 Å². The fourth-order valence-electron chi connectivity index (χ4n) is 3.38. The molecule has 3 atom stereocenters. The normalized spacial score (nSPS) is 25.7. The number of carboxylic acid groups (broad SMARTS) is 1. The summed E-state index contributed by atoms with van der Waals surface area (Å²) in [7, 11) is 0.166. The van der Waals surface area contributed by atoms with E-state index < -0.39 is 22.2 Å². The van der Waals surface area contributed by atoms with Crippen LogP contribution >= 0.6 is 11.3 Å². The molecule has 0 saturated carbocycles. The number of carboxylic acids is 1. The van der Waals surface area contributed by atoms with Crippen molar-refractivity contribution in [1.29, 1.82) is 0 Å². The Labute approximate surface area is 164 Å². The molecule has 3 rings (SSSR count). The lowest BCUT2D eigenvalue weighted by atomic mass is 10.0. The number of likely N-dealkylation sites (tertiary alicyclic amines) is 1. The summed E-state index contributed by atoms with van der Waals surface area (Å²) in [6.07, 6.45) is -4.36. The molecule has 1 amide bonds. The maximum atomic E-state index is 12.5. The first-order chi connectivity index (χ1) is 12.9. The van der Waals surface area contributed by atoms with E-state index in [1.54, 1.807) is 28.9 Å². The van der Waals surface area contributed by atoms with Crippen LogP contribution in [-0.2, 0) is 19.6 Å². The van der Waals surface area contributed by atoms with Gasteiger partial charge in [-0.3, -0.25) is 9.69 Å². The van der Waals surface area contributed by atoms with Crippen LogP contribution in [0.1, 0.15) is 6.42 Å². The first kappa shape index (κ1) is 22.6. The SMILES string of the molecule is CNC(=O)[C@H]1C[C@@H]2CN(S(=O)(=O)c3cccs3)C[C@@H]2N1C.O=C(O)C(F)(F)F. The molecular formula is C15H20F3N3O5S2. The maximum absolute atomic E-state index is 12.5. The summed E-state index contributed by atoms with van der Waals surface area (Å²) in [6, 6.07) is 3.38. The number of carbonyl (C=O) groups excluding carboxylic acids is 1. The Bertz CT molecular complexity index is 813. The number of sulfonamides is 1. The minimum atomic E-state index is -5.08. The number of hydrogen-bond acceptors (Lipinski definition) is 6. The number of halogens is 3. The van der Waals surface area contributed by atoms with Crippen LogP contribution in [0.4, 0.5) is 13.2 Å². The molecule has 2 N–H and O–H groups in total. The molecule has 0 aromatic carbocycles. The van der Waals surface area contributed by atoms with Crippen LogP contribution in [0.5, 0.6) is 0 Å². The highest BCUT2D eigenvalue weighted by atomic mass is 32.2. The maximum Gasteiger partial charge on any atom is 0.490 e. The van der Waals surface area contributed by atoms with E-state index in [9.17, 15) is 26.4 Å². The lowest BCUT2D eigenvalue weighted by Gasteiger charge is -2.25. The van der Waals surface area contributed by atoms with Gasteiger partial charge >= 0.3 is 12.1 Å². The summed E-state index contributed by atoms with van der Waals surface area (Å²) >= 11 is 1.25. The Balaban J connectivity index is 0.000000345. The Morgan fingerprint density at radius 2 is 1.93 bits per heavy atom. The zero-order valence-electron chi connectivity index (χ0n) is 15.0. The van der Waals surface area contributed by atoms with Gasteiger partial charge in [0.1, 0.15) is 4.21 Å². The van der Waals surface area contributed by atoms with Gasteiger partial charge in [-0.25, -0.2) is 13.2 Å². The quantitative estimate of drug-likeness (QED) is 0.717. The largest absolute Gasteiger partial charge is 0.490 e. The second-order valence-electron chi connectivity index (χ2n) is 6.42. The van der Waals surface area contributed by atoms with E-state index in [0.717, 1.165) is 6.42 Å². The number of alkyl halides is 3. The van der Waals surface area contributed by atoms with Crippen molar-refractivity contribution < 1.29 is 36.3 Å². The van der Waals surface area contributed by atoms with E-state index >= 15 is 0 Å². The minimum Gasteiger partial charge on any atom is -0.475 e.